The van der Waals surface area contributed by atoms with Crippen LogP contribution in [0, 0.1) is 0 Å². The fourth-order valence-corrected chi connectivity index (χ4v) is 2.95. The lowest BCUT2D eigenvalue weighted by Gasteiger charge is -2.18. The molecule has 0 saturated heterocycles. The van der Waals surface area contributed by atoms with Crippen molar-refractivity contribution >= 4 is 23.5 Å². The number of hydrogen-bond acceptors (Lipinski definition) is 4. The molecule has 114 valence electrons. The van der Waals surface area contributed by atoms with Crippen molar-refractivity contribution in [3.8, 4) is 5.75 Å². The van der Waals surface area contributed by atoms with Crippen molar-refractivity contribution in [1.29, 1.82) is 0 Å². The smallest absolute Gasteiger partial charge is 0.335 e. The highest BCUT2D eigenvalue weighted by Crippen LogP contribution is 2.39. The maximum Gasteiger partial charge on any atom is 0.335 e. The Kier molecular flexibility index (Phi) is 3.44. The Balaban J connectivity index is 2.04. The summed E-state index contributed by atoms with van der Waals surface area (Å²) < 4.78 is 5.17. The van der Waals surface area contributed by atoms with Crippen LogP contribution in [-0.2, 0) is 9.59 Å². The van der Waals surface area contributed by atoms with E-state index in [0.717, 1.165) is 17.7 Å². The van der Waals surface area contributed by atoms with E-state index in [4.69, 9.17) is 9.84 Å². The number of carboxylic acid groups (broad SMARTS) is 1. The molecule has 0 radical (unpaired) electrons. The Morgan fingerprint density at radius 3 is 2.23 bits per heavy atom. The van der Waals surface area contributed by atoms with Gasteiger partial charge in [-0.1, -0.05) is 0 Å². The number of rotatable bonds is 3. The SMILES string of the molecule is COc1cc(C(=O)O)ccc1N1C(=O)C2=C(CCCC2)C1=O. The summed E-state index contributed by atoms with van der Waals surface area (Å²) in [4.78, 5) is 37.1. The van der Waals surface area contributed by atoms with E-state index in [1.165, 1.54) is 25.3 Å². The van der Waals surface area contributed by atoms with Crippen molar-refractivity contribution in [2.75, 3.05) is 12.0 Å². The Labute approximate surface area is 127 Å². The van der Waals surface area contributed by atoms with Crippen LogP contribution in [0.1, 0.15) is 36.0 Å². The minimum atomic E-state index is -1.10. The molecule has 6 nitrogen and oxygen atoms in total. The lowest BCUT2D eigenvalue weighted by Crippen LogP contribution is -2.32. The predicted octanol–water partition coefficient (Wildman–Crippen LogP) is 2.14. The summed E-state index contributed by atoms with van der Waals surface area (Å²) in [5.74, 6) is -1.54. The molecular weight excluding hydrogens is 286 g/mol. The third-order valence-electron chi connectivity index (χ3n) is 4.06. The number of carboxylic acids is 1. The van der Waals surface area contributed by atoms with Crippen molar-refractivity contribution in [3.05, 3.63) is 34.9 Å². The third kappa shape index (κ3) is 2.07. The Hall–Kier alpha value is -2.63. The largest absolute Gasteiger partial charge is 0.495 e. The zero-order valence-corrected chi connectivity index (χ0v) is 12.1. The molecule has 0 aromatic heterocycles. The average Bonchev–Trinajstić information content (AvgIpc) is 2.78. The highest BCUT2D eigenvalue weighted by atomic mass is 16.5. The predicted molar refractivity (Wildman–Crippen MR) is 77.9 cm³/mol. The van der Waals surface area contributed by atoms with Crippen LogP contribution in [0.3, 0.4) is 0 Å². The summed E-state index contributed by atoms with van der Waals surface area (Å²) in [6.07, 6.45) is 3.04. The number of amides is 2. The molecule has 22 heavy (non-hydrogen) atoms. The molecule has 0 atom stereocenters. The molecule has 0 bridgehead atoms. The molecule has 2 aliphatic rings. The summed E-state index contributed by atoms with van der Waals surface area (Å²) >= 11 is 0. The van der Waals surface area contributed by atoms with Gasteiger partial charge in [0, 0.05) is 11.1 Å². The molecule has 0 spiro atoms. The van der Waals surface area contributed by atoms with Crippen LogP contribution in [-0.4, -0.2) is 30.0 Å². The highest BCUT2D eigenvalue weighted by Gasteiger charge is 2.40. The van der Waals surface area contributed by atoms with Gasteiger partial charge in [0.2, 0.25) is 0 Å². The number of hydrogen-bond donors (Lipinski definition) is 1. The van der Waals surface area contributed by atoms with Gasteiger partial charge in [0.25, 0.3) is 11.8 Å². The minimum Gasteiger partial charge on any atom is -0.495 e. The molecule has 1 aromatic rings. The third-order valence-corrected chi connectivity index (χ3v) is 4.06. The molecule has 1 aliphatic carbocycles. The van der Waals surface area contributed by atoms with Gasteiger partial charge in [-0.2, -0.15) is 0 Å². The first-order chi connectivity index (χ1) is 10.5. The van der Waals surface area contributed by atoms with Gasteiger partial charge in [-0.3, -0.25) is 9.59 Å². The van der Waals surface area contributed by atoms with Crippen molar-refractivity contribution in [2.45, 2.75) is 25.7 Å². The van der Waals surface area contributed by atoms with Crippen molar-refractivity contribution in [1.82, 2.24) is 0 Å². The van der Waals surface area contributed by atoms with Gasteiger partial charge in [0.1, 0.15) is 5.75 Å². The maximum absolute atomic E-state index is 12.5. The summed E-state index contributed by atoms with van der Waals surface area (Å²) in [5.41, 5.74) is 1.50. The number of carbonyl (C=O) groups is 3. The molecule has 1 aromatic carbocycles. The zero-order chi connectivity index (χ0) is 15.9. The van der Waals surface area contributed by atoms with Crippen LogP contribution in [0.5, 0.6) is 5.75 Å². The fraction of sp³-hybridized carbons (Fsp3) is 0.312. The van der Waals surface area contributed by atoms with Crippen LogP contribution in [0.25, 0.3) is 0 Å². The standard InChI is InChI=1S/C16H15NO5/c1-22-13-8-9(16(20)21)6-7-12(13)17-14(18)10-4-2-3-5-11(10)15(17)19/h6-8H,2-5H2,1H3,(H,20,21). The Morgan fingerprint density at radius 1 is 1.14 bits per heavy atom. The average molecular weight is 301 g/mol. The number of carbonyl (C=O) groups excluding carboxylic acids is 2. The molecule has 3 rings (SSSR count). The number of aromatic carboxylic acids is 1. The second kappa shape index (κ2) is 5.29. The van der Waals surface area contributed by atoms with Crippen LogP contribution in [0.15, 0.2) is 29.3 Å². The molecule has 1 heterocycles. The molecule has 0 unspecified atom stereocenters. The highest BCUT2D eigenvalue weighted by molar-refractivity contribution is 6.33. The van der Waals surface area contributed by atoms with Gasteiger partial charge in [-0.25, -0.2) is 9.69 Å². The molecule has 6 heteroatoms. The van der Waals surface area contributed by atoms with E-state index in [9.17, 15) is 14.4 Å². The Bertz CT molecular complexity index is 691. The van der Waals surface area contributed by atoms with Gasteiger partial charge in [-0.05, 0) is 43.9 Å². The van der Waals surface area contributed by atoms with E-state index in [2.05, 4.69) is 0 Å². The second-order valence-corrected chi connectivity index (χ2v) is 5.30. The van der Waals surface area contributed by atoms with Gasteiger partial charge < -0.3 is 9.84 Å². The monoisotopic (exact) mass is 301 g/mol. The van der Waals surface area contributed by atoms with Crippen LogP contribution >= 0.6 is 0 Å². The second-order valence-electron chi connectivity index (χ2n) is 5.30. The molecule has 1 N–H and O–H groups in total. The van der Waals surface area contributed by atoms with E-state index in [1.807, 2.05) is 0 Å². The summed E-state index contributed by atoms with van der Waals surface area (Å²) in [7, 11) is 1.38. The molecule has 1 aliphatic heterocycles. The van der Waals surface area contributed by atoms with E-state index in [0.29, 0.717) is 24.0 Å². The van der Waals surface area contributed by atoms with Crippen molar-refractivity contribution in [3.63, 3.8) is 0 Å². The topological polar surface area (TPSA) is 83.9 Å². The van der Waals surface area contributed by atoms with E-state index >= 15 is 0 Å². The lowest BCUT2D eigenvalue weighted by molar-refractivity contribution is -0.120. The van der Waals surface area contributed by atoms with E-state index in [-0.39, 0.29) is 28.8 Å². The molecular formula is C16H15NO5. The number of anilines is 1. The van der Waals surface area contributed by atoms with Gasteiger partial charge in [0.15, 0.2) is 0 Å². The van der Waals surface area contributed by atoms with Crippen LogP contribution < -0.4 is 9.64 Å². The normalized spacial score (nSPS) is 17.8. The first kappa shape index (κ1) is 14.3. The lowest BCUT2D eigenvalue weighted by atomic mass is 9.93. The Morgan fingerprint density at radius 2 is 1.73 bits per heavy atom. The van der Waals surface area contributed by atoms with E-state index in [1.54, 1.807) is 0 Å². The van der Waals surface area contributed by atoms with Gasteiger partial charge in [0.05, 0.1) is 18.4 Å². The molecule has 0 saturated carbocycles. The van der Waals surface area contributed by atoms with E-state index < -0.39 is 5.97 Å². The van der Waals surface area contributed by atoms with Gasteiger partial charge >= 0.3 is 5.97 Å². The summed E-state index contributed by atoms with van der Waals surface area (Å²) in [6, 6.07) is 4.12. The fourth-order valence-electron chi connectivity index (χ4n) is 2.95. The number of methoxy groups -OCH3 is 1. The zero-order valence-electron chi connectivity index (χ0n) is 12.1. The minimum absolute atomic E-state index is 0.0393. The van der Waals surface area contributed by atoms with Gasteiger partial charge in [-0.15, -0.1) is 0 Å². The van der Waals surface area contributed by atoms with Crippen LogP contribution in [0.2, 0.25) is 0 Å². The number of nitrogens with zero attached hydrogens (tertiary/aromatic N) is 1. The maximum atomic E-state index is 12.5. The van der Waals surface area contributed by atoms with Crippen molar-refractivity contribution < 1.29 is 24.2 Å². The number of ether oxygens (including phenoxy) is 1. The van der Waals surface area contributed by atoms with Crippen molar-refractivity contribution in [2.24, 2.45) is 0 Å². The quantitative estimate of drug-likeness (QED) is 0.865. The molecule has 0 fully saturated rings. The molecule has 2 amide bonds. The van der Waals surface area contributed by atoms with Crippen LogP contribution in [0.4, 0.5) is 5.69 Å². The summed E-state index contributed by atoms with van der Waals surface area (Å²) in [6.45, 7) is 0. The number of imide groups is 1. The summed E-state index contributed by atoms with van der Waals surface area (Å²) in [5, 5.41) is 9.02. The number of benzene rings is 1. The first-order valence-corrected chi connectivity index (χ1v) is 7.06. The first-order valence-electron chi connectivity index (χ1n) is 7.06.